The van der Waals surface area contributed by atoms with Gasteiger partial charge < -0.3 is 15.0 Å². The number of aryl methyl sites for hydroxylation is 1. The van der Waals surface area contributed by atoms with Gasteiger partial charge in [0, 0.05) is 12.7 Å². The molecule has 0 bridgehead atoms. The number of anilines is 1. The lowest BCUT2D eigenvalue weighted by atomic mass is 10.3. The highest BCUT2D eigenvalue weighted by atomic mass is 16.2. The molecule has 2 aromatic rings. The number of amides is 1. The Bertz CT molecular complexity index is 680. The number of aromatic nitrogens is 2. The van der Waals surface area contributed by atoms with Gasteiger partial charge in [-0.05, 0) is 36.6 Å². The average molecular weight is 283 g/mol. The van der Waals surface area contributed by atoms with E-state index in [0.717, 1.165) is 13.0 Å². The molecule has 1 amide bonds. The van der Waals surface area contributed by atoms with Gasteiger partial charge in [0.2, 0.25) is 0 Å². The summed E-state index contributed by atoms with van der Waals surface area (Å²) in [5.41, 5.74) is 1.11. The van der Waals surface area contributed by atoms with Crippen molar-refractivity contribution in [1.82, 2.24) is 9.55 Å². The Labute approximate surface area is 123 Å². The summed E-state index contributed by atoms with van der Waals surface area (Å²) in [7, 11) is 0. The zero-order valence-electron chi connectivity index (χ0n) is 11.8. The highest BCUT2D eigenvalue weighted by Crippen LogP contribution is 2.09. The molecule has 0 aliphatic rings. The second-order valence-electron chi connectivity index (χ2n) is 4.41. The van der Waals surface area contributed by atoms with Crippen LogP contribution >= 0.6 is 0 Å². The van der Waals surface area contributed by atoms with E-state index in [1.807, 2.05) is 16.8 Å². The van der Waals surface area contributed by atoms with Crippen LogP contribution in [-0.4, -0.2) is 27.2 Å². The Morgan fingerprint density at radius 1 is 1.38 bits per heavy atom. The van der Waals surface area contributed by atoms with Crippen LogP contribution in [0.15, 0.2) is 36.5 Å². The molecule has 0 aromatic carbocycles. The van der Waals surface area contributed by atoms with Gasteiger partial charge >= 0.3 is 0 Å². The van der Waals surface area contributed by atoms with E-state index in [1.54, 1.807) is 24.3 Å². The van der Waals surface area contributed by atoms with Crippen LogP contribution in [-0.2, 0) is 6.54 Å². The third-order valence-corrected chi connectivity index (χ3v) is 2.81. The molecule has 0 fully saturated rings. The molecule has 0 aliphatic carbocycles. The fourth-order valence-electron chi connectivity index (χ4n) is 1.94. The molecule has 0 unspecified atom stereocenters. The van der Waals surface area contributed by atoms with Crippen LogP contribution in [0.3, 0.4) is 0 Å². The van der Waals surface area contributed by atoms with E-state index in [0.29, 0.717) is 17.2 Å². The molecule has 5 heteroatoms. The predicted molar refractivity (Wildman–Crippen MR) is 80.9 cm³/mol. The number of carbonyl (C=O) groups excluding carboxylic acids is 1. The normalized spacial score (nSPS) is 9.81. The van der Waals surface area contributed by atoms with Crippen LogP contribution in [0.25, 0.3) is 0 Å². The van der Waals surface area contributed by atoms with E-state index in [9.17, 15) is 4.79 Å². The zero-order chi connectivity index (χ0) is 15.1. The first-order valence-corrected chi connectivity index (χ1v) is 6.78. The number of hydrogen-bond donors (Lipinski definition) is 2. The summed E-state index contributed by atoms with van der Waals surface area (Å²) in [5.74, 6) is 5.47. The smallest absolute Gasteiger partial charge is 0.273 e. The number of pyridine rings is 1. The first-order valence-electron chi connectivity index (χ1n) is 6.78. The first-order chi connectivity index (χ1) is 10.2. The first kappa shape index (κ1) is 14.8. The molecule has 21 heavy (non-hydrogen) atoms. The molecular weight excluding hydrogens is 266 g/mol. The fraction of sp³-hybridized carbons (Fsp3) is 0.250. The molecular formula is C16H17N3O2. The van der Waals surface area contributed by atoms with Crippen molar-refractivity contribution in [2.75, 3.05) is 11.9 Å². The monoisotopic (exact) mass is 283 g/mol. The topological polar surface area (TPSA) is 67.2 Å². The molecule has 2 heterocycles. The van der Waals surface area contributed by atoms with Gasteiger partial charge in [-0.3, -0.25) is 4.79 Å². The highest BCUT2D eigenvalue weighted by molar-refractivity contribution is 6.02. The lowest BCUT2D eigenvalue weighted by Gasteiger charge is -2.08. The van der Waals surface area contributed by atoms with Crippen molar-refractivity contribution in [3.05, 3.63) is 47.9 Å². The number of aliphatic hydroxyl groups excluding tert-OH is 1. The van der Waals surface area contributed by atoms with Crippen molar-refractivity contribution in [1.29, 1.82) is 0 Å². The average Bonchev–Trinajstić information content (AvgIpc) is 2.94. The van der Waals surface area contributed by atoms with Crippen LogP contribution in [0.5, 0.6) is 0 Å². The van der Waals surface area contributed by atoms with Crippen molar-refractivity contribution < 1.29 is 9.90 Å². The van der Waals surface area contributed by atoms with Gasteiger partial charge in [0.1, 0.15) is 23.8 Å². The van der Waals surface area contributed by atoms with E-state index >= 15 is 0 Å². The minimum Gasteiger partial charge on any atom is -0.384 e. The van der Waals surface area contributed by atoms with E-state index in [4.69, 9.17) is 5.11 Å². The summed E-state index contributed by atoms with van der Waals surface area (Å²) >= 11 is 0. The predicted octanol–water partition coefficient (Wildman–Crippen LogP) is 1.89. The number of nitrogens with zero attached hydrogens (tertiary/aromatic N) is 2. The van der Waals surface area contributed by atoms with E-state index < -0.39 is 0 Å². The number of nitrogens with one attached hydrogen (secondary N) is 1. The Morgan fingerprint density at radius 3 is 3.00 bits per heavy atom. The summed E-state index contributed by atoms with van der Waals surface area (Å²) in [6.45, 7) is 2.64. The minimum atomic E-state index is -0.219. The van der Waals surface area contributed by atoms with E-state index in [2.05, 4.69) is 29.1 Å². The second-order valence-corrected chi connectivity index (χ2v) is 4.41. The lowest BCUT2D eigenvalue weighted by Crippen LogP contribution is -2.17. The maximum absolute atomic E-state index is 12.2. The third kappa shape index (κ3) is 3.94. The van der Waals surface area contributed by atoms with Crippen LogP contribution in [0.1, 0.15) is 29.5 Å². The van der Waals surface area contributed by atoms with Gasteiger partial charge in [-0.25, -0.2) is 4.98 Å². The largest absolute Gasteiger partial charge is 0.384 e. The minimum absolute atomic E-state index is 0.201. The Hall–Kier alpha value is -2.58. The summed E-state index contributed by atoms with van der Waals surface area (Å²) in [6.07, 6.45) is 2.84. The standard InChI is InChI=1S/C16H17N3O2/c1-2-10-19-11-4-8-14(19)16(21)18-15-9-3-6-13(17-15)7-5-12-20/h3-4,6,8-9,11,20H,2,10,12H2,1H3,(H,17,18,21). The Morgan fingerprint density at radius 2 is 2.24 bits per heavy atom. The van der Waals surface area contributed by atoms with Gasteiger partial charge in [0.05, 0.1) is 0 Å². The number of carbonyl (C=O) groups is 1. The molecule has 5 nitrogen and oxygen atoms in total. The fourth-order valence-corrected chi connectivity index (χ4v) is 1.94. The summed E-state index contributed by atoms with van der Waals surface area (Å²) in [6, 6.07) is 8.81. The molecule has 0 saturated carbocycles. The van der Waals surface area contributed by atoms with Crippen molar-refractivity contribution in [3.8, 4) is 11.8 Å². The van der Waals surface area contributed by atoms with Gasteiger partial charge in [-0.1, -0.05) is 18.9 Å². The van der Waals surface area contributed by atoms with Gasteiger partial charge in [-0.15, -0.1) is 0 Å². The van der Waals surface area contributed by atoms with Crippen LogP contribution < -0.4 is 5.32 Å². The maximum atomic E-state index is 12.2. The number of rotatable bonds is 4. The molecule has 0 aliphatic heterocycles. The van der Waals surface area contributed by atoms with Crippen molar-refractivity contribution in [2.45, 2.75) is 19.9 Å². The quantitative estimate of drug-likeness (QED) is 0.842. The molecule has 0 radical (unpaired) electrons. The van der Waals surface area contributed by atoms with Crippen LogP contribution in [0.2, 0.25) is 0 Å². The van der Waals surface area contributed by atoms with E-state index in [-0.39, 0.29) is 12.5 Å². The van der Waals surface area contributed by atoms with Crippen LogP contribution in [0, 0.1) is 11.8 Å². The zero-order valence-corrected chi connectivity index (χ0v) is 11.8. The SMILES string of the molecule is CCCn1cccc1C(=O)Nc1cccc(C#CCO)n1. The molecule has 0 atom stereocenters. The molecule has 108 valence electrons. The Kier molecular flexibility index (Phi) is 5.13. The van der Waals surface area contributed by atoms with E-state index in [1.165, 1.54) is 0 Å². The second kappa shape index (κ2) is 7.27. The maximum Gasteiger partial charge on any atom is 0.273 e. The van der Waals surface area contributed by atoms with Gasteiger partial charge in [0.15, 0.2) is 0 Å². The summed E-state index contributed by atoms with van der Waals surface area (Å²) in [4.78, 5) is 16.5. The third-order valence-electron chi connectivity index (χ3n) is 2.81. The lowest BCUT2D eigenvalue weighted by molar-refractivity contribution is 0.101. The van der Waals surface area contributed by atoms with Crippen molar-refractivity contribution in [3.63, 3.8) is 0 Å². The number of hydrogen-bond acceptors (Lipinski definition) is 3. The number of aliphatic hydroxyl groups is 1. The Balaban J connectivity index is 2.14. The van der Waals surface area contributed by atoms with Gasteiger partial charge in [-0.2, -0.15) is 0 Å². The molecule has 2 aromatic heterocycles. The molecule has 2 rings (SSSR count). The molecule has 0 saturated heterocycles. The van der Waals surface area contributed by atoms with Gasteiger partial charge in [0.25, 0.3) is 5.91 Å². The van der Waals surface area contributed by atoms with Crippen molar-refractivity contribution in [2.24, 2.45) is 0 Å². The highest BCUT2D eigenvalue weighted by Gasteiger charge is 2.11. The summed E-state index contributed by atoms with van der Waals surface area (Å²) in [5, 5.41) is 11.4. The van der Waals surface area contributed by atoms with Crippen LogP contribution in [0.4, 0.5) is 5.82 Å². The van der Waals surface area contributed by atoms with Crippen molar-refractivity contribution >= 4 is 11.7 Å². The molecule has 0 spiro atoms. The summed E-state index contributed by atoms with van der Waals surface area (Å²) < 4.78 is 1.91. The molecule has 2 N–H and O–H groups in total.